The van der Waals surface area contributed by atoms with Crippen LogP contribution < -0.4 is 11.0 Å². The van der Waals surface area contributed by atoms with Crippen LogP contribution in [0.3, 0.4) is 0 Å². The number of rotatable bonds is 1. The minimum atomic E-state index is -0.212. The summed E-state index contributed by atoms with van der Waals surface area (Å²) in [6.07, 6.45) is 0. The van der Waals surface area contributed by atoms with Gasteiger partial charge >= 0.3 is 5.69 Å². The number of aromatic nitrogens is 4. The highest BCUT2D eigenvalue weighted by molar-refractivity contribution is 6.31. The molecule has 0 radical (unpaired) electrons. The van der Waals surface area contributed by atoms with E-state index in [4.69, 9.17) is 16.7 Å². The van der Waals surface area contributed by atoms with Gasteiger partial charge in [0, 0.05) is 27.4 Å². The summed E-state index contributed by atoms with van der Waals surface area (Å²) < 4.78 is 3.51. The van der Waals surface area contributed by atoms with E-state index < -0.39 is 0 Å². The van der Waals surface area contributed by atoms with Crippen LogP contribution >= 0.6 is 11.6 Å². The van der Waals surface area contributed by atoms with Gasteiger partial charge in [0.05, 0.1) is 11.2 Å². The Balaban J connectivity index is 2.23. The number of benzene rings is 1. The molecule has 0 atom stereocenters. The minimum absolute atomic E-state index is 0.127. The summed E-state index contributed by atoms with van der Waals surface area (Å²) in [5.74, 6) is 0.784. The number of nitrogens with one attached hydrogen (secondary N) is 2. The fourth-order valence-electron chi connectivity index (χ4n) is 3.30. The molecule has 0 aliphatic heterocycles. The fraction of sp³-hybridized carbons (Fsp3) is 0.400. The molecule has 7 heteroatoms. The Bertz CT molecular complexity index is 1250. The lowest BCUT2D eigenvalue weighted by Gasteiger charge is -2.22. The molecular formula is C20H24ClN5O. The zero-order chi connectivity index (χ0) is 19.7. The van der Waals surface area contributed by atoms with Crippen molar-refractivity contribution >= 4 is 39.5 Å². The van der Waals surface area contributed by atoms with Gasteiger partial charge in [-0.05, 0) is 39.0 Å². The van der Waals surface area contributed by atoms with E-state index in [0.29, 0.717) is 5.02 Å². The molecule has 1 aromatic carbocycles. The van der Waals surface area contributed by atoms with E-state index in [-0.39, 0.29) is 16.6 Å². The Morgan fingerprint density at radius 3 is 2.44 bits per heavy atom. The summed E-state index contributed by atoms with van der Waals surface area (Å²) in [6.45, 7) is 12.6. The van der Waals surface area contributed by atoms with E-state index in [0.717, 1.165) is 33.6 Å². The molecule has 3 heterocycles. The maximum Gasteiger partial charge on any atom is 0.332 e. The predicted octanol–water partition coefficient (Wildman–Crippen LogP) is 4.59. The normalized spacial score (nSPS) is 13.1. The third kappa shape index (κ3) is 2.88. The van der Waals surface area contributed by atoms with Crippen LogP contribution in [0.1, 0.15) is 47.2 Å². The van der Waals surface area contributed by atoms with Crippen molar-refractivity contribution in [2.45, 2.75) is 52.5 Å². The molecule has 0 saturated heterocycles. The highest BCUT2D eigenvalue weighted by atomic mass is 35.5. The van der Waals surface area contributed by atoms with E-state index in [9.17, 15) is 4.79 Å². The quantitative estimate of drug-likeness (QED) is 0.503. The number of fused-ring (bicyclic) bond motifs is 5. The van der Waals surface area contributed by atoms with E-state index >= 15 is 0 Å². The van der Waals surface area contributed by atoms with Crippen molar-refractivity contribution in [3.8, 4) is 0 Å². The maximum atomic E-state index is 12.9. The Kier molecular flexibility index (Phi) is 3.66. The van der Waals surface area contributed by atoms with E-state index in [1.165, 1.54) is 0 Å². The van der Waals surface area contributed by atoms with Crippen molar-refractivity contribution in [1.29, 1.82) is 0 Å². The SMILES string of the molecule is CC(C)(C)Nc1c2c3cc(Cl)ccc3[nH]c(=O)n2c2cc(C(C)(C)C)nn12. The molecule has 4 rings (SSSR count). The molecule has 142 valence electrons. The smallest absolute Gasteiger partial charge is 0.332 e. The van der Waals surface area contributed by atoms with Crippen LogP contribution in [0, 0.1) is 0 Å². The fourth-order valence-corrected chi connectivity index (χ4v) is 3.47. The molecule has 6 nitrogen and oxygen atoms in total. The second-order valence-electron chi connectivity index (χ2n) is 9.08. The minimum Gasteiger partial charge on any atom is -0.364 e. The molecule has 0 saturated carbocycles. The lowest BCUT2D eigenvalue weighted by molar-refractivity contribution is 0.562. The molecule has 0 unspecified atom stereocenters. The van der Waals surface area contributed by atoms with Crippen LogP contribution in [0.5, 0.6) is 0 Å². The van der Waals surface area contributed by atoms with Crippen molar-refractivity contribution in [2.75, 3.05) is 5.32 Å². The van der Waals surface area contributed by atoms with Gasteiger partial charge in [-0.2, -0.15) is 9.61 Å². The molecule has 0 bridgehead atoms. The lowest BCUT2D eigenvalue weighted by Crippen LogP contribution is -2.27. The Labute approximate surface area is 162 Å². The van der Waals surface area contributed by atoms with Crippen molar-refractivity contribution < 1.29 is 0 Å². The van der Waals surface area contributed by atoms with Crippen LogP contribution in [-0.4, -0.2) is 24.5 Å². The molecule has 0 aliphatic rings. The lowest BCUT2D eigenvalue weighted by atomic mass is 9.93. The highest BCUT2D eigenvalue weighted by Gasteiger charge is 2.26. The predicted molar refractivity (Wildman–Crippen MR) is 111 cm³/mol. The third-order valence-electron chi connectivity index (χ3n) is 4.52. The molecule has 0 fully saturated rings. The van der Waals surface area contributed by atoms with Crippen molar-refractivity contribution in [3.63, 3.8) is 0 Å². The van der Waals surface area contributed by atoms with Gasteiger partial charge in [0.1, 0.15) is 11.2 Å². The van der Waals surface area contributed by atoms with Crippen molar-refractivity contribution in [3.05, 3.63) is 45.5 Å². The van der Waals surface area contributed by atoms with E-state index in [2.05, 4.69) is 51.8 Å². The van der Waals surface area contributed by atoms with Gasteiger partial charge in [-0.15, -0.1) is 0 Å². The van der Waals surface area contributed by atoms with Crippen LogP contribution in [0.25, 0.3) is 22.1 Å². The largest absolute Gasteiger partial charge is 0.364 e. The second kappa shape index (κ2) is 5.52. The van der Waals surface area contributed by atoms with Gasteiger partial charge in [0.15, 0.2) is 5.82 Å². The average molecular weight is 386 g/mol. The van der Waals surface area contributed by atoms with Gasteiger partial charge in [-0.1, -0.05) is 32.4 Å². The maximum absolute atomic E-state index is 12.9. The molecule has 4 aromatic rings. The Morgan fingerprint density at radius 2 is 1.81 bits per heavy atom. The number of imidazole rings is 1. The molecule has 27 heavy (non-hydrogen) atoms. The number of hydrogen-bond acceptors (Lipinski definition) is 3. The monoisotopic (exact) mass is 385 g/mol. The van der Waals surface area contributed by atoms with E-state index in [1.807, 2.05) is 22.7 Å². The Morgan fingerprint density at radius 1 is 1.11 bits per heavy atom. The summed E-state index contributed by atoms with van der Waals surface area (Å²) in [5.41, 5.74) is 2.62. The van der Waals surface area contributed by atoms with Gasteiger partial charge < -0.3 is 10.3 Å². The summed E-state index contributed by atoms with van der Waals surface area (Å²) in [6, 6.07) is 7.46. The Hall–Kier alpha value is -2.47. The van der Waals surface area contributed by atoms with Gasteiger partial charge in [-0.25, -0.2) is 9.20 Å². The van der Waals surface area contributed by atoms with Gasteiger partial charge in [0.25, 0.3) is 0 Å². The van der Waals surface area contributed by atoms with Gasteiger partial charge in [-0.3, -0.25) is 0 Å². The molecule has 2 N–H and O–H groups in total. The van der Waals surface area contributed by atoms with Crippen LogP contribution in [-0.2, 0) is 5.41 Å². The molecular weight excluding hydrogens is 362 g/mol. The third-order valence-corrected chi connectivity index (χ3v) is 4.76. The van der Waals surface area contributed by atoms with Crippen LogP contribution in [0.4, 0.5) is 5.82 Å². The number of halogens is 1. The number of nitrogens with zero attached hydrogens (tertiary/aromatic N) is 3. The molecule has 0 aliphatic carbocycles. The summed E-state index contributed by atoms with van der Waals surface area (Å²) in [4.78, 5) is 15.9. The number of aromatic amines is 1. The van der Waals surface area contributed by atoms with Crippen LogP contribution in [0.15, 0.2) is 29.1 Å². The second-order valence-corrected chi connectivity index (χ2v) is 9.51. The standard InChI is InChI=1S/C20H24ClN5O/c1-19(2,3)14-10-15-25-16(17(26(15)24-14)23-20(4,5)6)12-9-11(21)7-8-13(12)22-18(25)27/h7-10,23H,1-6H3,(H,22,27). The number of anilines is 1. The first-order valence-corrected chi connectivity index (χ1v) is 9.38. The van der Waals surface area contributed by atoms with Crippen LogP contribution in [0.2, 0.25) is 5.02 Å². The summed E-state index contributed by atoms with van der Waals surface area (Å²) in [5, 5.41) is 9.85. The highest BCUT2D eigenvalue weighted by Crippen LogP contribution is 2.33. The topological polar surface area (TPSA) is 66.6 Å². The summed E-state index contributed by atoms with van der Waals surface area (Å²) in [7, 11) is 0. The zero-order valence-corrected chi connectivity index (χ0v) is 17.2. The average Bonchev–Trinajstić information content (AvgIpc) is 3.06. The van der Waals surface area contributed by atoms with Crippen molar-refractivity contribution in [2.24, 2.45) is 0 Å². The van der Waals surface area contributed by atoms with E-state index in [1.54, 1.807) is 10.5 Å². The number of H-pyrrole nitrogens is 1. The molecule has 3 aromatic heterocycles. The van der Waals surface area contributed by atoms with Crippen molar-refractivity contribution in [1.82, 2.24) is 19.0 Å². The summed E-state index contributed by atoms with van der Waals surface area (Å²) >= 11 is 6.26. The van der Waals surface area contributed by atoms with Gasteiger partial charge in [0.2, 0.25) is 0 Å². The number of hydrogen-bond donors (Lipinski definition) is 2. The molecule has 0 amide bonds. The first-order valence-electron chi connectivity index (χ1n) is 9.00. The first kappa shape index (κ1) is 17.9. The first-order chi connectivity index (χ1) is 12.5. The zero-order valence-electron chi connectivity index (χ0n) is 16.4. The molecule has 0 spiro atoms.